The first-order valence-electron chi connectivity index (χ1n) is 10.4. The monoisotopic (exact) mass is 495 g/mol. The Labute approximate surface area is 204 Å². The number of anilines is 1. The van der Waals surface area contributed by atoms with E-state index in [0.29, 0.717) is 27.4 Å². The predicted octanol–water partition coefficient (Wildman–Crippen LogP) is 5.05. The molecule has 1 amide bonds. The van der Waals surface area contributed by atoms with Crippen molar-refractivity contribution < 1.29 is 13.9 Å². The molecule has 10 heteroatoms. The molecule has 7 nitrogen and oxygen atoms in total. The average molecular weight is 496 g/mol. The minimum Gasteiger partial charge on any atom is -0.486 e. The van der Waals surface area contributed by atoms with Crippen LogP contribution in [0, 0.1) is 5.82 Å². The zero-order valence-electron chi connectivity index (χ0n) is 17.7. The second-order valence-corrected chi connectivity index (χ2v) is 9.07. The number of carbonyl (C=O) groups excluding carboxylic acids is 1. The van der Waals surface area contributed by atoms with Crippen LogP contribution < -0.4 is 15.5 Å². The third kappa shape index (κ3) is 4.85. The second-order valence-electron chi connectivity index (χ2n) is 7.53. The van der Waals surface area contributed by atoms with Crippen LogP contribution in [0.1, 0.15) is 17.4 Å². The molecule has 2 unspecified atom stereocenters. The molecule has 0 saturated carbocycles. The molecule has 2 N–H and O–H groups in total. The third-order valence-electron chi connectivity index (χ3n) is 5.21. The van der Waals surface area contributed by atoms with Crippen LogP contribution in [0.4, 0.5) is 10.1 Å². The lowest BCUT2D eigenvalue weighted by Crippen LogP contribution is -2.41. The van der Waals surface area contributed by atoms with E-state index >= 15 is 0 Å². The van der Waals surface area contributed by atoms with Crippen molar-refractivity contribution in [2.24, 2.45) is 0 Å². The van der Waals surface area contributed by atoms with E-state index in [0.717, 1.165) is 5.56 Å². The second kappa shape index (κ2) is 9.74. The summed E-state index contributed by atoms with van der Waals surface area (Å²) in [7, 11) is 0. The molecule has 172 valence electrons. The van der Waals surface area contributed by atoms with Crippen molar-refractivity contribution in [1.29, 1.82) is 0 Å². The summed E-state index contributed by atoms with van der Waals surface area (Å²) < 4.78 is 21.1. The highest BCUT2D eigenvalue weighted by molar-refractivity contribution is 8.00. The number of benzene rings is 3. The number of amides is 1. The van der Waals surface area contributed by atoms with Crippen molar-refractivity contribution in [3.63, 3.8) is 0 Å². The van der Waals surface area contributed by atoms with Crippen molar-refractivity contribution in [3.8, 4) is 5.75 Å². The Morgan fingerprint density at radius 3 is 2.53 bits per heavy atom. The molecule has 1 aliphatic rings. The van der Waals surface area contributed by atoms with Gasteiger partial charge in [0.25, 0.3) is 0 Å². The van der Waals surface area contributed by atoms with Crippen molar-refractivity contribution in [2.75, 3.05) is 10.7 Å². The maximum atomic E-state index is 13.6. The number of thioether (sulfide) groups is 1. The highest BCUT2D eigenvalue weighted by Crippen LogP contribution is 2.37. The summed E-state index contributed by atoms with van der Waals surface area (Å²) in [6.45, 7) is 0.183. The Morgan fingerprint density at radius 1 is 1.06 bits per heavy atom. The van der Waals surface area contributed by atoms with E-state index in [-0.39, 0.29) is 18.3 Å². The zero-order valence-corrected chi connectivity index (χ0v) is 19.3. The summed E-state index contributed by atoms with van der Waals surface area (Å²) in [5.41, 5.74) is 4.70. The molecule has 3 aromatic carbocycles. The SMILES string of the molecule is O=C(Nc1ccc(Cl)cc1)C1Sc2nnc(COc3ccccc3)n2NC1c1ccc(F)cc1. The van der Waals surface area contributed by atoms with E-state index in [1.807, 2.05) is 30.3 Å². The molecule has 0 saturated heterocycles. The molecular formula is C24H19ClFN5O2S. The van der Waals surface area contributed by atoms with Crippen molar-refractivity contribution >= 4 is 35.0 Å². The zero-order chi connectivity index (χ0) is 23.5. The molecule has 0 aliphatic carbocycles. The van der Waals surface area contributed by atoms with Crippen molar-refractivity contribution in [2.45, 2.75) is 23.1 Å². The van der Waals surface area contributed by atoms with Gasteiger partial charge in [0.2, 0.25) is 11.1 Å². The summed E-state index contributed by atoms with van der Waals surface area (Å²) in [5.74, 6) is 0.676. The topological polar surface area (TPSA) is 81.1 Å². The molecule has 1 aliphatic heterocycles. The van der Waals surface area contributed by atoms with Crippen LogP contribution in [0.15, 0.2) is 84.0 Å². The number of hydrogen-bond acceptors (Lipinski definition) is 6. The van der Waals surface area contributed by atoms with Crippen LogP contribution in [0.25, 0.3) is 0 Å². The number of halogens is 2. The van der Waals surface area contributed by atoms with Gasteiger partial charge >= 0.3 is 0 Å². The highest BCUT2D eigenvalue weighted by Gasteiger charge is 2.38. The van der Waals surface area contributed by atoms with Gasteiger partial charge in [-0.2, -0.15) is 0 Å². The molecule has 34 heavy (non-hydrogen) atoms. The maximum Gasteiger partial charge on any atom is 0.240 e. The Bertz CT molecular complexity index is 1290. The minimum atomic E-state index is -0.597. The lowest BCUT2D eigenvalue weighted by Gasteiger charge is -2.33. The Kier molecular flexibility index (Phi) is 6.37. The third-order valence-corrected chi connectivity index (χ3v) is 6.68. The molecule has 0 bridgehead atoms. The molecular weight excluding hydrogens is 477 g/mol. The van der Waals surface area contributed by atoms with Gasteiger partial charge in [-0.3, -0.25) is 4.79 Å². The Morgan fingerprint density at radius 2 is 1.79 bits per heavy atom. The molecule has 4 aromatic rings. The van der Waals surface area contributed by atoms with Crippen LogP contribution in [-0.2, 0) is 11.4 Å². The summed E-state index contributed by atoms with van der Waals surface area (Å²) >= 11 is 7.23. The van der Waals surface area contributed by atoms with Gasteiger partial charge < -0.3 is 15.5 Å². The van der Waals surface area contributed by atoms with E-state index in [4.69, 9.17) is 16.3 Å². The predicted molar refractivity (Wildman–Crippen MR) is 129 cm³/mol. The number of aromatic nitrogens is 3. The Hall–Kier alpha value is -3.56. The maximum absolute atomic E-state index is 13.6. The van der Waals surface area contributed by atoms with Gasteiger partial charge in [0.1, 0.15) is 23.4 Å². The molecule has 2 heterocycles. The number of hydrogen-bond donors (Lipinski definition) is 2. The summed E-state index contributed by atoms with van der Waals surface area (Å²) in [6.07, 6.45) is 0. The van der Waals surface area contributed by atoms with Gasteiger partial charge in [0, 0.05) is 10.7 Å². The van der Waals surface area contributed by atoms with E-state index < -0.39 is 11.3 Å². The quantitative estimate of drug-likeness (QED) is 0.390. The lowest BCUT2D eigenvalue weighted by atomic mass is 10.0. The molecule has 0 fully saturated rings. The molecule has 0 radical (unpaired) electrons. The molecule has 5 rings (SSSR count). The smallest absolute Gasteiger partial charge is 0.240 e. The van der Waals surface area contributed by atoms with Gasteiger partial charge in [-0.25, -0.2) is 9.07 Å². The van der Waals surface area contributed by atoms with Gasteiger partial charge in [0.05, 0.1) is 6.04 Å². The van der Waals surface area contributed by atoms with Crippen LogP contribution in [0.3, 0.4) is 0 Å². The van der Waals surface area contributed by atoms with E-state index in [1.54, 1.807) is 41.1 Å². The normalized spacial score (nSPS) is 16.9. The van der Waals surface area contributed by atoms with Crippen LogP contribution in [-0.4, -0.2) is 26.0 Å². The van der Waals surface area contributed by atoms with E-state index in [1.165, 1.54) is 23.9 Å². The van der Waals surface area contributed by atoms with Crippen LogP contribution in [0.2, 0.25) is 5.02 Å². The lowest BCUT2D eigenvalue weighted by molar-refractivity contribution is -0.116. The number of ether oxygens (including phenoxy) is 1. The summed E-state index contributed by atoms with van der Waals surface area (Å²) in [6, 6.07) is 21.9. The summed E-state index contributed by atoms with van der Waals surface area (Å²) in [5, 5.41) is 11.9. The first-order chi connectivity index (χ1) is 16.6. The van der Waals surface area contributed by atoms with Gasteiger partial charge in [-0.1, -0.05) is 53.7 Å². The number of rotatable bonds is 6. The highest BCUT2D eigenvalue weighted by atomic mass is 35.5. The van der Waals surface area contributed by atoms with Gasteiger partial charge in [0.15, 0.2) is 5.82 Å². The van der Waals surface area contributed by atoms with Gasteiger partial charge in [-0.15, -0.1) is 10.2 Å². The molecule has 1 aromatic heterocycles. The van der Waals surface area contributed by atoms with E-state index in [9.17, 15) is 9.18 Å². The standard InChI is InChI=1S/C24H19ClFN5O2S/c25-16-8-12-18(13-9-16)27-23(32)22-21(15-6-10-17(26)11-7-15)30-31-20(28-29-24(31)34-22)14-33-19-4-2-1-3-5-19/h1-13,21-22,30H,14H2,(H,27,32). The van der Waals surface area contributed by atoms with Crippen molar-refractivity contribution in [3.05, 3.63) is 101 Å². The fourth-order valence-corrected chi connectivity index (χ4v) is 4.75. The number of para-hydroxylation sites is 1. The first-order valence-corrected chi connectivity index (χ1v) is 11.7. The molecule has 2 atom stereocenters. The van der Waals surface area contributed by atoms with Gasteiger partial charge in [-0.05, 0) is 54.1 Å². The first kappa shape index (κ1) is 22.2. The number of carbonyl (C=O) groups is 1. The largest absolute Gasteiger partial charge is 0.486 e. The fourth-order valence-electron chi connectivity index (χ4n) is 3.52. The van der Waals surface area contributed by atoms with Crippen LogP contribution in [0.5, 0.6) is 5.75 Å². The number of nitrogens with one attached hydrogen (secondary N) is 2. The Balaban J connectivity index is 1.41. The minimum absolute atomic E-state index is 0.183. The van der Waals surface area contributed by atoms with Crippen molar-refractivity contribution in [1.82, 2.24) is 14.9 Å². The number of nitrogens with zero attached hydrogens (tertiary/aromatic N) is 3. The average Bonchev–Trinajstić information content (AvgIpc) is 3.26. The van der Waals surface area contributed by atoms with Crippen LogP contribution >= 0.6 is 23.4 Å². The molecule has 0 spiro atoms. The van der Waals surface area contributed by atoms with E-state index in [2.05, 4.69) is 20.9 Å². The fraction of sp³-hybridized carbons (Fsp3) is 0.125. The summed E-state index contributed by atoms with van der Waals surface area (Å²) in [4.78, 5) is 13.3. The number of fused-ring (bicyclic) bond motifs is 1.